The number of fused-ring (bicyclic) bond motifs is 1. The summed E-state index contributed by atoms with van der Waals surface area (Å²) in [4.78, 5) is 14.5. The zero-order valence-corrected chi connectivity index (χ0v) is 6.89. The van der Waals surface area contributed by atoms with Crippen molar-refractivity contribution in [3.63, 3.8) is 0 Å². The number of nitrogens with zero attached hydrogens (tertiary/aromatic N) is 3. The van der Waals surface area contributed by atoms with Crippen molar-refractivity contribution >= 4 is 24.0 Å². The summed E-state index contributed by atoms with van der Waals surface area (Å²) >= 11 is 0. The van der Waals surface area contributed by atoms with Crippen LogP contribution in [0.4, 0.5) is 0 Å². The predicted octanol–water partition coefficient (Wildman–Crippen LogP) is -1.66. The fourth-order valence-electron chi connectivity index (χ4n) is 1.03. The molecule has 0 saturated carbocycles. The summed E-state index contributed by atoms with van der Waals surface area (Å²) in [7, 11) is -1.60. The molecule has 2 aromatic rings. The third kappa shape index (κ3) is 1.39. The number of H-pyrrole nitrogens is 1. The Balaban J connectivity index is 2.62. The lowest BCUT2D eigenvalue weighted by Gasteiger charge is -1.87. The molecular formula is C6H7BN4O2. The molecule has 0 aliphatic rings. The third-order valence-electron chi connectivity index (χ3n) is 1.62. The first-order valence-electron chi connectivity index (χ1n) is 3.72. The maximum absolute atomic E-state index is 8.81. The highest BCUT2D eigenvalue weighted by atomic mass is 16.4. The van der Waals surface area contributed by atoms with E-state index in [1.807, 2.05) is 0 Å². The van der Waals surface area contributed by atoms with Crippen LogP contribution in [0.1, 0.15) is 5.82 Å². The molecule has 0 unspecified atom stereocenters. The zero-order valence-electron chi connectivity index (χ0n) is 6.89. The van der Waals surface area contributed by atoms with E-state index < -0.39 is 7.12 Å². The molecule has 0 bridgehead atoms. The molecule has 66 valence electrons. The van der Waals surface area contributed by atoms with Gasteiger partial charge < -0.3 is 15.0 Å². The van der Waals surface area contributed by atoms with Gasteiger partial charge in [0.2, 0.25) is 0 Å². The number of rotatable bonds is 1. The van der Waals surface area contributed by atoms with Gasteiger partial charge >= 0.3 is 7.12 Å². The molecule has 0 aliphatic heterocycles. The van der Waals surface area contributed by atoms with Crippen LogP contribution in [0.2, 0.25) is 0 Å². The molecule has 0 saturated heterocycles. The SMILES string of the molecule is Cc1ncc2[nH]c(B(O)O)nc2n1. The first-order valence-corrected chi connectivity index (χ1v) is 3.72. The van der Waals surface area contributed by atoms with Gasteiger partial charge in [-0.05, 0) is 6.92 Å². The van der Waals surface area contributed by atoms with Crippen molar-refractivity contribution in [3.05, 3.63) is 12.0 Å². The van der Waals surface area contributed by atoms with Crippen LogP contribution in [0.15, 0.2) is 6.20 Å². The summed E-state index contributed by atoms with van der Waals surface area (Å²) in [5.74, 6) is 0.595. The number of aryl methyl sites for hydroxylation is 1. The van der Waals surface area contributed by atoms with E-state index in [1.54, 1.807) is 13.1 Å². The lowest BCUT2D eigenvalue weighted by Crippen LogP contribution is -2.33. The lowest BCUT2D eigenvalue weighted by molar-refractivity contribution is 0.423. The second-order valence-electron chi connectivity index (χ2n) is 2.65. The van der Waals surface area contributed by atoms with Gasteiger partial charge in [0.05, 0.1) is 6.20 Å². The van der Waals surface area contributed by atoms with Gasteiger partial charge in [-0.25, -0.2) is 15.0 Å². The summed E-state index contributed by atoms with van der Waals surface area (Å²) in [6.07, 6.45) is 1.55. The van der Waals surface area contributed by atoms with Crippen LogP contribution in [0.25, 0.3) is 11.2 Å². The Bertz CT molecular complexity index is 441. The Hall–Kier alpha value is -1.47. The molecule has 6 nitrogen and oxygen atoms in total. The summed E-state index contributed by atoms with van der Waals surface area (Å²) in [5.41, 5.74) is 1.11. The van der Waals surface area contributed by atoms with Crippen molar-refractivity contribution in [1.29, 1.82) is 0 Å². The van der Waals surface area contributed by atoms with Gasteiger partial charge in [0.1, 0.15) is 17.1 Å². The zero-order chi connectivity index (χ0) is 9.42. The average molecular weight is 178 g/mol. The highest BCUT2D eigenvalue weighted by Gasteiger charge is 2.16. The van der Waals surface area contributed by atoms with Gasteiger partial charge in [-0.15, -0.1) is 0 Å². The van der Waals surface area contributed by atoms with E-state index in [2.05, 4.69) is 19.9 Å². The van der Waals surface area contributed by atoms with E-state index in [0.717, 1.165) is 0 Å². The Labute approximate surface area is 73.8 Å². The van der Waals surface area contributed by atoms with E-state index in [9.17, 15) is 0 Å². The molecule has 0 aliphatic carbocycles. The van der Waals surface area contributed by atoms with Gasteiger partial charge in [-0.3, -0.25) is 0 Å². The van der Waals surface area contributed by atoms with Crippen LogP contribution < -0.4 is 5.72 Å². The molecule has 0 aromatic carbocycles. The molecular weight excluding hydrogens is 171 g/mol. The van der Waals surface area contributed by atoms with Crippen molar-refractivity contribution in [1.82, 2.24) is 19.9 Å². The van der Waals surface area contributed by atoms with E-state index in [-0.39, 0.29) is 5.72 Å². The highest BCUT2D eigenvalue weighted by Crippen LogP contribution is 2.01. The molecule has 7 heteroatoms. The second-order valence-corrected chi connectivity index (χ2v) is 2.65. The normalized spacial score (nSPS) is 10.7. The summed E-state index contributed by atoms with van der Waals surface area (Å²) < 4.78 is 0. The van der Waals surface area contributed by atoms with Crippen molar-refractivity contribution in [2.24, 2.45) is 0 Å². The highest BCUT2D eigenvalue weighted by molar-refractivity contribution is 6.56. The summed E-state index contributed by atoms with van der Waals surface area (Å²) in [6.45, 7) is 1.74. The molecule has 0 amide bonds. The third-order valence-corrected chi connectivity index (χ3v) is 1.62. The fourth-order valence-corrected chi connectivity index (χ4v) is 1.03. The molecule has 0 fully saturated rings. The fraction of sp³-hybridized carbons (Fsp3) is 0.167. The number of hydrogen-bond donors (Lipinski definition) is 3. The minimum atomic E-state index is -1.60. The number of nitrogens with one attached hydrogen (secondary N) is 1. The molecule has 2 rings (SSSR count). The monoisotopic (exact) mass is 178 g/mol. The average Bonchev–Trinajstić information content (AvgIpc) is 2.46. The number of hydrogen-bond acceptors (Lipinski definition) is 5. The Morgan fingerprint density at radius 2 is 2.15 bits per heavy atom. The van der Waals surface area contributed by atoms with Crippen LogP contribution in [-0.4, -0.2) is 37.1 Å². The van der Waals surface area contributed by atoms with E-state index in [0.29, 0.717) is 17.0 Å². The molecule has 3 N–H and O–H groups in total. The van der Waals surface area contributed by atoms with E-state index >= 15 is 0 Å². The molecule has 0 radical (unpaired) electrons. The minimum absolute atomic E-state index is 0.0786. The molecule has 0 spiro atoms. The van der Waals surface area contributed by atoms with Crippen molar-refractivity contribution < 1.29 is 10.0 Å². The first-order chi connectivity index (χ1) is 6.16. The van der Waals surface area contributed by atoms with Gasteiger partial charge in [0.15, 0.2) is 5.65 Å². The van der Waals surface area contributed by atoms with Crippen LogP contribution >= 0.6 is 0 Å². The molecule has 2 heterocycles. The maximum atomic E-state index is 8.81. The second kappa shape index (κ2) is 2.79. The smallest absolute Gasteiger partial charge is 0.421 e. The Morgan fingerprint density at radius 1 is 1.38 bits per heavy atom. The predicted molar refractivity (Wildman–Crippen MR) is 46.2 cm³/mol. The van der Waals surface area contributed by atoms with Crippen LogP contribution in [-0.2, 0) is 0 Å². The molecule has 13 heavy (non-hydrogen) atoms. The lowest BCUT2D eigenvalue weighted by atomic mass is 9.91. The van der Waals surface area contributed by atoms with Crippen LogP contribution in [0.3, 0.4) is 0 Å². The van der Waals surface area contributed by atoms with Crippen molar-refractivity contribution in [2.75, 3.05) is 0 Å². The minimum Gasteiger partial charge on any atom is -0.421 e. The standard InChI is InChI=1S/C6H7BN4O2/c1-3-8-2-4-5(9-3)11-6(10-4)7(12)13/h2,12-13H,1H3,(H,8,9,10,11). The first kappa shape index (κ1) is 8.15. The Morgan fingerprint density at radius 3 is 2.85 bits per heavy atom. The van der Waals surface area contributed by atoms with E-state index in [1.165, 1.54) is 0 Å². The Kier molecular flexibility index (Phi) is 1.75. The van der Waals surface area contributed by atoms with E-state index in [4.69, 9.17) is 10.0 Å². The van der Waals surface area contributed by atoms with Crippen LogP contribution in [0, 0.1) is 6.92 Å². The largest absolute Gasteiger partial charge is 0.526 e. The van der Waals surface area contributed by atoms with Crippen LogP contribution in [0.5, 0.6) is 0 Å². The summed E-state index contributed by atoms with van der Waals surface area (Å²) in [5, 5.41) is 17.6. The van der Waals surface area contributed by atoms with Gasteiger partial charge in [0.25, 0.3) is 0 Å². The van der Waals surface area contributed by atoms with Crippen molar-refractivity contribution in [3.8, 4) is 0 Å². The molecule has 2 aromatic heterocycles. The van der Waals surface area contributed by atoms with Gasteiger partial charge in [0, 0.05) is 0 Å². The summed E-state index contributed by atoms with van der Waals surface area (Å²) in [6, 6.07) is 0. The topological polar surface area (TPSA) is 94.9 Å². The maximum Gasteiger partial charge on any atom is 0.526 e. The van der Waals surface area contributed by atoms with Gasteiger partial charge in [-0.1, -0.05) is 0 Å². The van der Waals surface area contributed by atoms with Gasteiger partial charge in [-0.2, -0.15) is 0 Å². The molecule has 0 atom stereocenters. The number of imidazole rings is 1. The van der Waals surface area contributed by atoms with Crippen molar-refractivity contribution in [2.45, 2.75) is 6.92 Å². The quantitative estimate of drug-likeness (QED) is 0.454. The number of aromatic amines is 1. The number of aromatic nitrogens is 4.